The van der Waals surface area contributed by atoms with E-state index < -0.39 is 0 Å². The highest BCUT2D eigenvalue weighted by atomic mass is 32.2. The van der Waals surface area contributed by atoms with Gasteiger partial charge in [-0.1, -0.05) is 12.1 Å². The SMILES string of the molecule is CSc1ccc(C(=O)Nc2nc(-c3ccc4c(c3)CCCC4)cs2)cc1. The molecule has 1 amide bonds. The number of carbonyl (C=O) groups excluding carboxylic acids is 1. The molecular weight excluding hydrogens is 360 g/mol. The second-order valence-corrected chi connectivity index (χ2v) is 8.15. The van der Waals surface area contributed by atoms with Crippen LogP contribution in [0.1, 0.15) is 34.3 Å². The molecule has 0 saturated heterocycles. The van der Waals surface area contributed by atoms with E-state index >= 15 is 0 Å². The third kappa shape index (κ3) is 3.69. The van der Waals surface area contributed by atoms with Gasteiger partial charge in [0.1, 0.15) is 0 Å². The minimum atomic E-state index is -0.121. The number of aryl methyl sites for hydroxylation is 2. The molecule has 1 aliphatic rings. The molecule has 0 fully saturated rings. The third-order valence-corrected chi connectivity index (χ3v) is 6.22. The van der Waals surface area contributed by atoms with Crippen LogP contribution in [-0.4, -0.2) is 17.1 Å². The summed E-state index contributed by atoms with van der Waals surface area (Å²) < 4.78 is 0. The van der Waals surface area contributed by atoms with Gasteiger partial charge in [-0.05, 0) is 73.4 Å². The van der Waals surface area contributed by atoms with E-state index in [-0.39, 0.29) is 5.91 Å². The van der Waals surface area contributed by atoms with Crippen LogP contribution in [0.25, 0.3) is 11.3 Å². The van der Waals surface area contributed by atoms with Crippen LogP contribution in [0.2, 0.25) is 0 Å². The van der Waals surface area contributed by atoms with Crippen molar-refractivity contribution in [2.24, 2.45) is 0 Å². The molecular formula is C21H20N2OS2. The normalized spacial score (nSPS) is 13.3. The van der Waals surface area contributed by atoms with Crippen molar-refractivity contribution < 1.29 is 4.79 Å². The Balaban J connectivity index is 1.50. The summed E-state index contributed by atoms with van der Waals surface area (Å²) in [5.41, 5.74) is 5.62. The lowest BCUT2D eigenvalue weighted by Gasteiger charge is -2.16. The average Bonchev–Trinajstić information content (AvgIpc) is 3.16. The summed E-state index contributed by atoms with van der Waals surface area (Å²) in [6.07, 6.45) is 6.92. The van der Waals surface area contributed by atoms with Crippen molar-refractivity contribution >= 4 is 34.1 Å². The number of hydrogen-bond acceptors (Lipinski definition) is 4. The van der Waals surface area contributed by atoms with Crippen molar-refractivity contribution in [3.05, 3.63) is 64.5 Å². The molecule has 0 bridgehead atoms. The van der Waals surface area contributed by atoms with Gasteiger partial charge in [-0.3, -0.25) is 10.1 Å². The van der Waals surface area contributed by atoms with E-state index in [1.807, 2.05) is 35.9 Å². The van der Waals surface area contributed by atoms with Crippen molar-refractivity contribution in [3.63, 3.8) is 0 Å². The molecule has 1 aromatic heterocycles. The Morgan fingerprint density at radius 3 is 2.62 bits per heavy atom. The molecule has 4 rings (SSSR count). The Morgan fingerprint density at radius 1 is 1.08 bits per heavy atom. The van der Waals surface area contributed by atoms with Gasteiger partial charge in [0, 0.05) is 21.4 Å². The van der Waals surface area contributed by atoms with Gasteiger partial charge in [-0.25, -0.2) is 4.98 Å². The number of hydrogen-bond donors (Lipinski definition) is 1. The highest BCUT2D eigenvalue weighted by Gasteiger charge is 2.13. The zero-order valence-corrected chi connectivity index (χ0v) is 16.3. The van der Waals surface area contributed by atoms with Crippen LogP contribution in [0.3, 0.4) is 0 Å². The number of benzene rings is 2. The van der Waals surface area contributed by atoms with Crippen LogP contribution in [0.15, 0.2) is 52.7 Å². The average molecular weight is 381 g/mol. The number of thiazole rings is 1. The van der Waals surface area contributed by atoms with Crippen molar-refractivity contribution in [3.8, 4) is 11.3 Å². The predicted molar refractivity (Wildman–Crippen MR) is 110 cm³/mol. The summed E-state index contributed by atoms with van der Waals surface area (Å²) >= 11 is 3.13. The minimum Gasteiger partial charge on any atom is -0.298 e. The summed E-state index contributed by atoms with van der Waals surface area (Å²) in [5, 5.41) is 5.56. The molecule has 5 heteroatoms. The van der Waals surface area contributed by atoms with Gasteiger partial charge in [0.25, 0.3) is 5.91 Å². The molecule has 0 radical (unpaired) electrons. The van der Waals surface area contributed by atoms with Crippen LogP contribution in [0.5, 0.6) is 0 Å². The maximum atomic E-state index is 12.4. The first-order valence-corrected chi connectivity index (χ1v) is 10.9. The molecule has 0 unspecified atom stereocenters. The molecule has 1 heterocycles. The number of amides is 1. The standard InChI is InChI=1S/C21H20N2OS2/c1-25-18-10-8-15(9-11-18)20(24)23-21-22-19(13-26-21)17-7-6-14-4-2-3-5-16(14)12-17/h6-13H,2-5H2,1H3,(H,22,23,24). The van der Waals surface area contributed by atoms with E-state index in [4.69, 9.17) is 0 Å². The number of rotatable bonds is 4. The maximum absolute atomic E-state index is 12.4. The van der Waals surface area contributed by atoms with Gasteiger partial charge < -0.3 is 0 Å². The van der Waals surface area contributed by atoms with Gasteiger partial charge in [0.2, 0.25) is 0 Å². The number of nitrogens with zero attached hydrogens (tertiary/aromatic N) is 1. The number of aromatic nitrogens is 1. The molecule has 0 saturated carbocycles. The van der Waals surface area contributed by atoms with Crippen LogP contribution in [-0.2, 0) is 12.8 Å². The topological polar surface area (TPSA) is 42.0 Å². The third-order valence-electron chi connectivity index (χ3n) is 4.72. The number of thioether (sulfide) groups is 1. The minimum absolute atomic E-state index is 0.121. The fraction of sp³-hybridized carbons (Fsp3) is 0.238. The van der Waals surface area contributed by atoms with Crippen LogP contribution < -0.4 is 5.32 Å². The Morgan fingerprint density at radius 2 is 1.85 bits per heavy atom. The monoisotopic (exact) mass is 380 g/mol. The number of nitrogens with one attached hydrogen (secondary N) is 1. The van der Waals surface area contributed by atoms with Gasteiger partial charge in [-0.2, -0.15) is 0 Å². The van der Waals surface area contributed by atoms with Gasteiger partial charge in [-0.15, -0.1) is 23.1 Å². The molecule has 3 nitrogen and oxygen atoms in total. The summed E-state index contributed by atoms with van der Waals surface area (Å²) in [4.78, 5) is 18.2. The molecule has 0 aliphatic heterocycles. The Kier molecular flexibility index (Phi) is 5.09. The van der Waals surface area contributed by atoms with Crippen molar-refractivity contribution in [2.75, 3.05) is 11.6 Å². The zero-order valence-electron chi connectivity index (χ0n) is 14.6. The second kappa shape index (κ2) is 7.64. The first-order valence-electron chi connectivity index (χ1n) is 8.76. The molecule has 26 heavy (non-hydrogen) atoms. The molecule has 0 atom stereocenters. The lowest BCUT2D eigenvalue weighted by Crippen LogP contribution is -2.11. The van der Waals surface area contributed by atoms with E-state index in [1.54, 1.807) is 11.8 Å². The first-order chi connectivity index (χ1) is 12.7. The highest BCUT2D eigenvalue weighted by molar-refractivity contribution is 7.98. The quantitative estimate of drug-likeness (QED) is 0.594. The van der Waals surface area contributed by atoms with Gasteiger partial charge in [0.05, 0.1) is 5.69 Å². The Bertz CT molecular complexity index is 931. The molecule has 3 aromatic rings. The van der Waals surface area contributed by atoms with Crippen LogP contribution in [0, 0.1) is 0 Å². The van der Waals surface area contributed by atoms with Crippen molar-refractivity contribution in [2.45, 2.75) is 30.6 Å². The molecule has 2 aromatic carbocycles. The Hall–Kier alpha value is -2.11. The van der Waals surface area contributed by atoms with E-state index in [0.29, 0.717) is 10.7 Å². The highest BCUT2D eigenvalue weighted by Crippen LogP contribution is 2.29. The zero-order chi connectivity index (χ0) is 17.9. The van der Waals surface area contributed by atoms with E-state index in [9.17, 15) is 4.79 Å². The summed E-state index contributed by atoms with van der Waals surface area (Å²) in [6, 6.07) is 14.2. The number of carbonyl (C=O) groups is 1. The van der Waals surface area contributed by atoms with E-state index in [2.05, 4.69) is 28.5 Å². The number of fused-ring (bicyclic) bond motifs is 1. The fourth-order valence-electron chi connectivity index (χ4n) is 3.27. The maximum Gasteiger partial charge on any atom is 0.257 e. The lowest BCUT2D eigenvalue weighted by atomic mass is 9.90. The molecule has 1 aliphatic carbocycles. The van der Waals surface area contributed by atoms with Crippen molar-refractivity contribution in [1.29, 1.82) is 0 Å². The van der Waals surface area contributed by atoms with Gasteiger partial charge >= 0.3 is 0 Å². The fourth-order valence-corrected chi connectivity index (χ4v) is 4.39. The van der Waals surface area contributed by atoms with Crippen LogP contribution in [0.4, 0.5) is 5.13 Å². The smallest absolute Gasteiger partial charge is 0.257 e. The lowest BCUT2D eigenvalue weighted by molar-refractivity contribution is 0.102. The summed E-state index contributed by atoms with van der Waals surface area (Å²) in [6.45, 7) is 0. The molecule has 1 N–H and O–H groups in total. The Labute approximate surface area is 161 Å². The first kappa shape index (κ1) is 17.3. The number of anilines is 1. The second-order valence-electron chi connectivity index (χ2n) is 6.41. The molecule has 0 spiro atoms. The molecule has 132 valence electrons. The van der Waals surface area contributed by atoms with E-state index in [1.165, 1.54) is 41.7 Å². The van der Waals surface area contributed by atoms with E-state index in [0.717, 1.165) is 22.6 Å². The summed E-state index contributed by atoms with van der Waals surface area (Å²) in [7, 11) is 0. The van der Waals surface area contributed by atoms with Gasteiger partial charge in [0.15, 0.2) is 5.13 Å². The largest absolute Gasteiger partial charge is 0.298 e. The van der Waals surface area contributed by atoms with Crippen molar-refractivity contribution in [1.82, 2.24) is 4.98 Å². The predicted octanol–water partition coefficient (Wildman–Crippen LogP) is 5.66. The van der Waals surface area contributed by atoms with Crippen LogP contribution >= 0.6 is 23.1 Å². The summed E-state index contributed by atoms with van der Waals surface area (Å²) in [5.74, 6) is -0.121.